The third-order valence-electron chi connectivity index (χ3n) is 2.41. The molecule has 2 heterocycles. The molecule has 0 aliphatic heterocycles. The summed E-state index contributed by atoms with van der Waals surface area (Å²) >= 11 is 1.29. The number of H-pyrrole nitrogens is 1. The van der Waals surface area contributed by atoms with Gasteiger partial charge in [0.05, 0.1) is 12.8 Å². The largest absolute Gasteiger partial charge is 0.464 e. The van der Waals surface area contributed by atoms with E-state index in [-0.39, 0.29) is 12.5 Å². The van der Waals surface area contributed by atoms with Crippen LogP contribution in [0, 0.1) is 0 Å². The second kappa shape index (κ2) is 6.31. The summed E-state index contributed by atoms with van der Waals surface area (Å²) in [4.78, 5) is 29.8. The fourth-order valence-corrected chi connectivity index (χ4v) is 2.26. The van der Waals surface area contributed by atoms with Crippen molar-refractivity contribution in [3.05, 3.63) is 23.3 Å². The quantitative estimate of drug-likeness (QED) is 0.816. The zero-order valence-electron chi connectivity index (χ0n) is 10.9. The number of thiazole rings is 1. The second-order valence-electron chi connectivity index (χ2n) is 3.81. The van der Waals surface area contributed by atoms with Gasteiger partial charge in [-0.05, 0) is 6.07 Å². The van der Waals surface area contributed by atoms with E-state index in [1.165, 1.54) is 25.6 Å². The molecule has 0 saturated heterocycles. The summed E-state index contributed by atoms with van der Waals surface area (Å²) in [6.07, 6.45) is 1.65. The van der Waals surface area contributed by atoms with Crippen LogP contribution in [0.3, 0.4) is 0 Å². The number of amides is 1. The van der Waals surface area contributed by atoms with E-state index in [2.05, 4.69) is 20.0 Å². The summed E-state index contributed by atoms with van der Waals surface area (Å²) in [5, 5.41) is 4.87. The smallest absolute Gasteiger partial charge is 0.354 e. The van der Waals surface area contributed by atoms with Gasteiger partial charge < -0.3 is 14.5 Å². The van der Waals surface area contributed by atoms with Crippen LogP contribution in [-0.4, -0.2) is 42.7 Å². The maximum absolute atomic E-state index is 11.4. The van der Waals surface area contributed by atoms with Crippen molar-refractivity contribution in [1.29, 1.82) is 0 Å². The standard InChI is InChI=1S/C12H13N3O4S/c1-18-5-10(16)15-12-14-9(6-20-12)7-3-8(13-4-7)11(17)19-2/h3-4,6,13H,5H2,1-2H3,(H,14,15,16). The lowest BCUT2D eigenvalue weighted by atomic mass is 10.2. The van der Waals surface area contributed by atoms with Gasteiger partial charge in [-0.3, -0.25) is 10.1 Å². The first-order valence-corrected chi connectivity index (χ1v) is 6.53. The maximum Gasteiger partial charge on any atom is 0.354 e. The summed E-state index contributed by atoms with van der Waals surface area (Å²) in [5.41, 5.74) is 1.75. The molecule has 20 heavy (non-hydrogen) atoms. The molecule has 0 saturated carbocycles. The molecule has 8 heteroatoms. The molecule has 2 aromatic heterocycles. The highest BCUT2D eigenvalue weighted by Crippen LogP contribution is 2.25. The van der Waals surface area contributed by atoms with E-state index in [9.17, 15) is 9.59 Å². The fraction of sp³-hybridized carbons (Fsp3) is 0.250. The van der Waals surface area contributed by atoms with Crippen molar-refractivity contribution in [2.24, 2.45) is 0 Å². The van der Waals surface area contributed by atoms with Gasteiger partial charge in [0.15, 0.2) is 5.13 Å². The Bertz CT molecular complexity index is 620. The molecule has 0 radical (unpaired) electrons. The number of ether oxygens (including phenoxy) is 2. The molecule has 106 valence electrons. The number of aromatic nitrogens is 2. The number of nitrogens with zero attached hydrogens (tertiary/aromatic N) is 1. The predicted octanol–water partition coefficient (Wildman–Crippen LogP) is 1.51. The fourth-order valence-electron chi connectivity index (χ4n) is 1.52. The number of rotatable bonds is 5. The topological polar surface area (TPSA) is 93.3 Å². The van der Waals surface area contributed by atoms with Gasteiger partial charge in [0, 0.05) is 24.3 Å². The molecule has 0 aliphatic carbocycles. The van der Waals surface area contributed by atoms with Crippen molar-refractivity contribution in [3.63, 3.8) is 0 Å². The van der Waals surface area contributed by atoms with Crippen LogP contribution >= 0.6 is 11.3 Å². The van der Waals surface area contributed by atoms with Crippen LogP contribution in [0.1, 0.15) is 10.5 Å². The number of methoxy groups -OCH3 is 2. The zero-order valence-corrected chi connectivity index (χ0v) is 11.7. The lowest BCUT2D eigenvalue weighted by Crippen LogP contribution is -2.16. The molecule has 2 aromatic rings. The summed E-state index contributed by atoms with van der Waals surface area (Å²) in [6, 6.07) is 1.64. The number of carbonyl (C=O) groups is 2. The number of carbonyl (C=O) groups excluding carboxylic acids is 2. The van der Waals surface area contributed by atoms with Gasteiger partial charge in [-0.2, -0.15) is 0 Å². The molecule has 7 nitrogen and oxygen atoms in total. The number of anilines is 1. The molecule has 0 atom stereocenters. The monoisotopic (exact) mass is 295 g/mol. The minimum atomic E-state index is -0.444. The molecule has 2 N–H and O–H groups in total. The average molecular weight is 295 g/mol. The van der Waals surface area contributed by atoms with Crippen LogP contribution in [0.5, 0.6) is 0 Å². The zero-order chi connectivity index (χ0) is 14.5. The first kappa shape index (κ1) is 14.2. The third kappa shape index (κ3) is 3.22. The van der Waals surface area contributed by atoms with E-state index in [1.807, 2.05) is 0 Å². The van der Waals surface area contributed by atoms with Crippen LogP contribution in [0.15, 0.2) is 17.6 Å². The van der Waals surface area contributed by atoms with Gasteiger partial charge in [-0.25, -0.2) is 9.78 Å². The van der Waals surface area contributed by atoms with Gasteiger partial charge in [0.2, 0.25) is 0 Å². The Morgan fingerprint density at radius 2 is 2.25 bits per heavy atom. The number of esters is 1. The van der Waals surface area contributed by atoms with Crippen molar-refractivity contribution < 1.29 is 19.1 Å². The molecule has 0 bridgehead atoms. The number of aromatic amines is 1. The highest BCUT2D eigenvalue weighted by Gasteiger charge is 2.12. The second-order valence-corrected chi connectivity index (χ2v) is 4.67. The first-order valence-electron chi connectivity index (χ1n) is 5.65. The molecule has 0 spiro atoms. The van der Waals surface area contributed by atoms with Crippen LogP contribution in [-0.2, 0) is 14.3 Å². The van der Waals surface area contributed by atoms with Gasteiger partial charge in [-0.1, -0.05) is 0 Å². The molecule has 0 fully saturated rings. The lowest BCUT2D eigenvalue weighted by molar-refractivity contribution is -0.119. The number of hydrogen-bond donors (Lipinski definition) is 2. The Morgan fingerprint density at radius 3 is 2.95 bits per heavy atom. The summed E-state index contributed by atoms with van der Waals surface area (Å²) in [7, 11) is 2.76. The Labute approximate surface area is 118 Å². The van der Waals surface area contributed by atoms with Gasteiger partial charge in [0.25, 0.3) is 5.91 Å². The van der Waals surface area contributed by atoms with Gasteiger partial charge in [0.1, 0.15) is 12.3 Å². The molecule has 0 aliphatic rings. The lowest BCUT2D eigenvalue weighted by Gasteiger charge is -1.98. The van der Waals surface area contributed by atoms with Crippen molar-refractivity contribution in [3.8, 4) is 11.3 Å². The molecular formula is C12H13N3O4S. The van der Waals surface area contributed by atoms with E-state index in [4.69, 9.17) is 4.74 Å². The number of nitrogens with one attached hydrogen (secondary N) is 2. The SMILES string of the molecule is COCC(=O)Nc1nc(-c2c[nH]c(C(=O)OC)c2)cs1. The Balaban J connectivity index is 2.10. The minimum absolute atomic E-state index is 0.0223. The molecule has 2 rings (SSSR count). The molecule has 0 unspecified atom stereocenters. The van der Waals surface area contributed by atoms with E-state index in [0.717, 1.165) is 5.56 Å². The number of hydrogen-bond acceptors (Lipinski definition) is 6. The van der Waals surface area contributed by atoms with Gasteiger partial charge in [-0.15, -0.1) is 11.3 Å². The van der Waals surface area contributed by atoms with Crippen molar-refractivity contribution in [2.75, 3.05) is 26.1 Å². The summed E-state index contributed by atoms with van der Waals surface area (Å²) < 4.78 is 9.33. The van der Waals surface area contributed by atoms with E-state index in [1.54, 1.807) is 17.6 Å². The Kier molecular flexibility index (Phi) is 4.49. The normalized spacial score (nSPS) is 10.3. The van der Waals surface area contributed by atoms with E-state index >= 15 is 0 Å². The van der Waals surface area contributed by atoms with Crippen molar-refractivity contribution in [2.45, 2.75) is 0 Å². The van der Waals surface area contributed by atoms with Crippen LogP contribution in [0.2, 0.25) is 0 Å². The average Bonchev–Trinajstić information content (AvgIpc) is 3.06. The Hall–Kier alpha value is -2.19. The van der Waals surface area contributed by atoms with E-state index < -0.39 is 5.97 Å². The van der Waals surface area contributed by atoms with Gasteiger partial charge >= 0.3 is 5.97 Å². The minimum Gasteiger partial charge on any atom is -0.464 e. The van der Waals surface area contributed by atoms with E-state index in [0.29, 0.717) is 16.5 Å². The van der Waals surface area contributed by atoms with Crippen LogP contribution < -0.4 is 5.32 Å². The molecule has 0 aromatic carbocycles. The maximum atomic E-state index is 11.4. The Morgan fingerprint density at radius 1 is 1.45 bits per heavy atom. The summed E-state index contributed by atoms with van der Waals surface area (Å²) in [5.74, 6) is -0.710. The third-order valence-corrected chi connectivity index (χ3v) is 3.17. The van der Waals surface area contributed by atoms with Crippen LogP contribution in [0.4, 0.5) is 5.13 Å². The highest BCUT2D eigenvalue weighted by atomic mass is 32.1. The van der Waals surface area contributed by atoms with Crippen LogP contribution in [0.25, 0.3) is 11.3 Å². The highest BCUT2D eigenvalue weighted by molar-refractivity contribution is 7.14. The van der Waals surface area contributed by atoms with Crippen molar-refractivity contribution >= 4 is 28.3 Å². The first-order chi connectivity index (χ1) is 9.63. The predicted molar refractivity (Wildman–Crippen MR) is 73.7 cm³/mol. The molecule has 1 amide bonds. The van der Waals surface area contributed by atoms with Crippen molar-refractivity contribution in [1.82, 2.24) is 9.97 Å². The molecular weight excluding hydrogens is 282 g/mol. The summed E-state index contributed by atoms with van der Waals surface area (Å²) in [6.45, 7) is -0.0223.